The summed E-state index contributed by atoms with van der Waals surface area (Å²) < 4.78 is 0. The molecule has 0 aromatic heterocycles. The maximum absolute atomic E-state index is 6.20. The minimum absolute atomic E-state index is 0.511. The zero-order valence-electron chi connectivity index (χ0n) is 11.8. The van der Waals surface area contributed by atoms with Crippen LogP contribution in [0.2, 0.25) is 5.02 Å². The van der Waals surface area contributed by atoms with Crippen LogP contribution < -0.4 is 0 Å². The molecule has 21 heavy (non-hydrogen) atoms. The molecule has 0 saturated heterocycles. The molecule has 0 N–H and O–H groups in total. The van der Waals surface area contributed by atoms with Gasteiger partial charge in [0.1, 0.15) is 0 Å². The third kappa shape index (κ3) is 3.97. The van der Waals surface area contributed by atoms with Crippen molar-refractivity contribution in [3.63, 3.8) is 0 Å². The number of halogens is 2. The summed E-state index contributed by atoms with van der Waals surface area (Å²) in [6.45, 7) is 0. The summed E-state index contributed by atoms with van der Waals surface area (Å²) in [6.07, 6.45) is 3.34. The lowest BCUT2D eigenvalue weighted by atomic mass is 9.94. The Labute approximate surface area is 140 Å². The molecule has 0 radical (unpaired) electrons. The molecular formula is C18H18Cl2S. The van der Waals surface area contributed by atoms with E-state index in [2.05, 4.69) is 36.4 Å². The average Bonchev–Trinajstić information content (AvgIpc) is 2.89. The van der Waals surface area contributed by atoms with Crippen LogP contribution in [-0.4, -0.2) is 11.1 Å². The zero-order chi connectivity index (χ0) is 14.7. The normalized spacial score (nSPS) is 18.5. The Kier molecular flexibility index (Phi) is 5.15. The van der Waals surface area contributed by atoms with Crippen molar-refractivity contribution >= 4 is 35.0 Å². The quantitative estimate of drug-likeness (QED) is 0.617. The highest BCUT2D eigenvalue weighted by Gasteiger charge is 2.24. The molecule has 2 unspecified atom stereocenters. The second-order valence-electron chi connectivity index (χ2n) is 5.64. The summed E-state index contributed by atoms with van der Waals surface area (Å²) in [5.74, 6) is 1.22. The Morgan fingerprint density at radius 3 is 2.76 bits per heavy atom. The number of hydrogen-bond donors (Lipinski definition) is 0. The van der Waals surface area contributed by atoms with Crippen LogP contribution in [0.15, 0.2) is 53.4 Å². The van der Waals surface area contributed by atoms with Gasteiger partial charge >= 0.3 is 0 Å². The number of rotatable bonds is 5. The van der Waals surface area contributed by atoms with Crippen molar-refractivity contribution < 1.29 is 0 Å². The van der Waals surface area contributed by atoms with E-state index in [4.69, 9.17) is 23.2 Å². The van der Waals surface area contributed by atoms with Gasteiger partial charge in [0.2, 0.25) is 0 Å². The zero-order valence-corrected chi connectivity index (χ0v) is 14.1. The molecule has 2 aromatic rings. The molecule has 0 amide bonds. The largest absolute Gasteiger partial charge is 0.126 e. The predicted octanol–water partition coefficient (Wildman–Crippen LogP) is 5.84. The van der Waals surface area contributed by atoms with E-state index >= 15 is 0 Å². The topological polar surface area (TPSA) is 0 Å². The monoisotopic (exact) mass is 336 g/mol. The Morgan fingerprint density at radius 2 is 2.00 bits per heavy atom. The third-order valence-electron chi connectivity index (χ3n) is 3.94. The fourth-order valence-corrected chi connectivity index (χ4v) is 4.85. The van der Waals surface area contributed by atoms with E-state index in [1.165, 1.54) is 22.4 Å². The van der Waals surface area contributed by atoms with E-state index in [0.717, 1.165) is 17.9 Å². The highest BCUT2D eigenvalue weighted by molar-refractivity contribution is 8.00. The minimum Gasteiger partial charge on any atom is -0.126 e. The summed E-state index contributed by atoms with van der Waals surface area (Å²) >= 11 is 14.3. The van der Waals surface area contributed by atoms with Crippen LogP contribution in [0.3, 0.4) is 0 Å². The van der Waals surface area contributed by atoms with Gasteiger partial charge in [-0.1, -0.05) is 41.9 Å². The predicted molar refractivity (Wildman–Crippen MR) is 93.8 cm³/mol. The Hall–Kier alpha value is -0.630. The van der Waals surface area contributed by atoms with Crippen LogP contribution in [-0.2, 0) is 12.8 Å². The second kappa shape index (κ2) is 7.09. The summed E-state index contributed by atoms with van der Waals surface area (Å²) in [4.78, 5) is 1.44. The first-order valence-electron chi connectivity index (χ1n) is 7.29. The van der Waals surface area contributed by atoms with Gasteiger partial charge in [-0.25, -0.2) is 0 Å². The Morgan fingerprint density at radius 1 is 1.14 bits per heavy atom. The van der Waals surface area contributed by atoms with Crippen molar-refractivity contribution in [2.45, 2.75) is 29.4 Å². The van der Waals surface area contributed by atoms with Crippen molar-refractivity contribution in [1.29, 1.82) is 0 Å². The lowest BCUT2D eigenvalue weighted by Crippen LogP contribution is -2.14. The van der Waals surface area contributed by atoms with Gasteiger partial charge in [-0.3, -0.25) is 0 Å². The van der Waals surface area contributed by atoms with Gasteiger partial charge < -0.3 is 0 Å². The van der Waals surface area contributed by atoms with E-state index in [9.17, 15) is 0 Å². The van der Waals surface area contributed by atoms with E-state index < -0.39 is 0 Å². The molecule has 1 aliphatic heterocycles. The molecule has 0 spiro atoms. The maximum Gasteiger partial charge on any atom is 0.0408 e. The molecule has 3 heteroatoms. The molecule has 0 aliphatic carbocycles. The first-order valence-corrected chi connectivity index (χ1v) is 9.09. The molecule has 0 bridgehead atoms. The average molecular weight is 337 g/mol. The lowest BCUT2D eigenvalue weighted by Gasteiger charge is -2.18. The molecule has 110 valence electrons. The van der Waals surface area contributed by atoms with Gasteiger partial charge in [0.25, 0.3) is 0 Å². The smallest absolute Gasteiger partial charge is 0.0408 e. The van der Waals surface area contributed by atoms with Crippen molar-refractivity contribution in [2.24, 2.45) is 5.92 Å². The van der Waals surface area contributed by atoms with Crippen molar-refractivity contribution in [3.8, 4) is 0 Å². The summed E-state index contributed by atoms with van der Waals surface area (Å²) in [7, 11) is 0. The first kappa shape index (κ1) is 15.3. The van der Waals surface area contributed by atoms with Crippen molar-refractivity contribution in [3.05, 3.63) is 64.7 Å². The second-order valence-corrected chi connectivity index (χ2v) is 7.73. The van der Waals surface area contributed by atoms with Gasteiger partial charge in [-0.2, -0.15) is 0 Å². The number of fused-ring (bicyclic) bond motifs is 1. The first-order chi connectivity index (χ1) is 10.2. The number of benzene rings is 2. The Balaban J connectivity index is 1.61. The number of thioether (sulfide) groups is 1. The van der Waals surface area contributed by atoms with Crippen LogP contribution in [0, 0.1) is 5.92 Å². The standard InChI is InChI=1S/C18H18Cl2S/c19-12-14(8-13-4-3-6-16(20)9-13)10-17-11-15-5-1-2-7-18(15)21-17/h1-7,9,14,17H,8,10-12H2. The molecular weight excluding hydrogens is 319 g/mol. The molecule has 2 aromatic carbocycles. The number of hydrogen-bond acceptors (Lipinski definition) is 1. The van der Waals surface area contributed by atoms with Crippen LogP contribution in [0.5, 0.6) is 0 Å². The highest BCUT2D eigenvalue weighted by atomic mass is 35.5. The Bertz CT molecular complexity index is 587. The minimum atomic E-state index is 0.511. The molecule has 0 saturated carbocycles. The van der Waals surface area contributed by atoms with Crippen LogP contribution in [0.4, 0.5) is 0 Å². The lowest BCUT2D eigenvalue weighted by molar-refractivity contribution is 0.524. The van der Waals surface area contributed by atoms with Gasteiger partial charge in [-0.15, -0.1) is 23.4 Å². The highest BCUT2D eigenvalue weighted by Crippen LogP contribution is 2.40. The van der Waals surface area contributed by atoms with Gasteiger partial charge in [-0.05, 0) is 54.5 Å². The van der Waals surface area contributed by atoms with Crippen LogP contribution >= 0.6 is 35.0 Å². The van der Waals surface area contributed by atoms with Crippen LogP contribution in [0.1, 0.15) is 17.5 Å². The number of alkyl halides is 1. The van der Waals surface area contributed by atoms with Crippen molar-refractivity contribution in [1.82, 2.24) is 0 Å². The summed E-state index contributed by atoms with van der Waals surface area (Å²) in [6, 6.07) is 16.9. The fraction of sp³-hybridized carbons (Fsp3) is 0.333. The fourth-order valence-electron chi connectivity index (χ4n) is 2.96. The molecule has 1 aliphatic rings. The van der Waals surface area contributed by atoms with E-state index in [-0.39, 0.29) is 0 Å². The van der Waals surface area contributed by atoms with Crippen LogP contribution in [0.25, 0.3) is 0 Å². The molecule has 1 heterocycles. The molecule has 0 nitrogen and oxygen atoms in total. The maximum atomic E-state index is 6.20. The molecule has 3 rings (SSSR count). The molecule has 2 atom stereocenters. The van der Waals surface area contributed by atoms with E-state index in [1.807, 2.05) is 23.9 Å². The van der Waals surface area contributed by atoms with Gasteiger partial charge in [0.15, 0.2) is 0 Å². The van der Waals surface area contributed by atoms with Crippen molar-refractivity contribution in [2.75, 3.05) is 5.88 Å². The molecule has 0 fully saturated rings. The van der Waals surface area contributed by atoms with E-state index in [1.54, 1.807) is 0 Å². The van der Waals surface area contributed by atoms with Gasteiger partial charge in [0.05, 0.1) is 0 Å². The van der Waals surface area contributed by atoms with Gasteiger partial charge in [0, 0.05) is 21.0 Å². The summed E-state index contributed by atoms with van der Waals surface area (Å²) in [5.41, 5.74) is 2.78. The van der Waals surface area contributed by atoms with E-state index in [0.29, 0.717) is 17.0 Å². The summed E-state index contributed by atoms with van der Waals surface area (Å²) in [5, 5.41) is 1.47. The SMILES string of the molecule is ClCC(Cc1cccc(Cl)c1)CC1Cc2ccccc2S1. The third-order valence-corrected chi connectivity index (χ3v) is 5.96.